The Balaban J connectivity index is 1.38. The maximum absolute atomic E-state index is 3.81. The van der Waals surface area contributed by atoms with Gasteiger partial charge in [-0.1, -0.05) is 30.3 Å². The van der Waals surface area contributed by atoms with Crippen molar-refractivity contribution < 1.29 is 0 Å². The largest absolute Gasteiger partial charge is 0.313 e. The molecule has 0 spiro atoms. The van der Waals surface area contributed by atoms with Gasteiger partial charge in [-0.05, 0) is 64.2 Å². The second-order valence-corrected chi connectivity index (χ2v) is 6.91. The fraction of sp³-hybridized carbons (Fsp3) is 0.667. The van der Waals surface area contributed by atoms with E-state index < -0.39 is 0 Å². The molecule has 3 rings (SSSR count). The van der Waals surface area contributed by atoms with E-state index in [4.69, 9.17) is 0 Å². The lowest BCUT2D eigenvalue weighted by Gasteiger charge is -2.32. The molecule has 2 atom stereocenters. The van der Waals surface area contributed by atoms with Gasteiger partial charge in [-0.2, -0.15) is 0 Å². The van der Waals surface area contributed by atoms with Gasteiger partial charge in [-0.25, -0.2) is 0 Å². The van der Waals surface area contributed by atoms with Gasteiger partial charge in [0, 0.05) is 18.0 Å². The third kappa shape index (κ3) is 3.42. The molecule has 1 aromatic rings. The Labute approximate surface area is 123 Å². The van der Waals surface area contributed by atoms with E-state index >= 15 is 0 Å². The first-order valence-corrected chi connectivity index (χ1v) is 8.19. The Morgan fingerprint density at radius 3 is 2.40 bits per heavy atom. The molecule has 0 amide bonds. The molecule has 0 radical (unpaired) electrons. The molecule has 1 aromatic carbocycles. The molecule has 110 valence electrons. The van der Waals surface area contributed by atoms with E-state index in [1.807, 2.05) is 0 Å². The number of hydrogen-bond acceptors (Lipinski definition) is 2. The monoisotopic (exact) mass is 272 g/mol. The molecule has 0 aromatic heterocycles. The lowest BCUT2D eigenvalue weighted by Crippen LogP contribution is -2.35. The molecule has 2 fully saturated rings. The van der Waals surface area contributed by atoms with Crippen LogP contribution >= 0.6 is 0 Å². The van der Waals surface area contributed by atoms with Crippen LogP contribution in [0.5, 0.6) is 0 Å². The number of nitrogens with zero attached hydrogens (tertiary/aromatic N) is 1. The summed E-state index contributed by atoms with van der Waals surface area (Å²) in [5.74, 6) is 1.68. The van der Waals surface area contributed by atoms with Crippen molar-refractivity contribution in [2.75, 3.05) is 20.6 Å². The van der Waals surface area contributed by atoms with E-state index in [0.29, 0.717) is 0 Å². The molecule has 0 saturated heterocycles. The highest BCUT2D eigenvalue weighted by Crippen LogP contribution is 2.40. The topological polar surface area (TPSA) is 15.3 Å². The summed E-state index contributed by atoms with van der Waals surface area (Å²) in [4.78, 5) is 2.40. The minimum Gasteiger partial charge on any atom is -0.313 e. The van der Waals surface area contributed by atoms with Crippen molar-refractivity contribution in [2.45, 2.75) is 50.1 Å². The molecule has 2 aliphatic carbocycles. The third-order valence-electron chi connectivity index (χ3n) is 5.23. The summed E-state index contributed by atoms with van der Waals surface area (Å²) in [5.41, 5.74) is 1.52. The van der Waals surface area contributed by atoms with Crippen molar-refractivity contribution in [1.29, 1.82) is 0 Å². The number of nitrogens with one attached hydrogen (secondary N) is 1. The second-order valence-electron chi connectivity index (χ2n) is 6.91. The van der Waals surface area contributed by atoms with E-state index in [1.165, 1.54) is 44.2 Å². The smallest absolute Gasteiger partial charge is 0.0143 e. The fourth-order valence-electron chi connectivity index (χ4n) is 3.67. The van der Waals surface area contributed by atoms with Crippen LogP contribution in [-0.2, 0) is 0 Å². The number of hydrogen-bond donors (Lipinski definition) is 1. The predicted octanol–water partition coefficient (Wildman–Crippen LogP) is 3.25. The summed E-state index contributed by atoms with van der Waals surface area (Å²) in [6, 6.07) is 12.5. The zero-order valence-electron chi connectivity index (χ0n) is 12.9. The van der Waals surface area contributed by atoms with Crippen molar-refractivity contribution in [3.63, 3.8) is 0 Å². The summed E-state index contributed by atoms with van der Waals surface area (Å²) in [7, 11) is 4.44. The van der Waals surface area contributed by atoms with Gasteiger partial charge in [-0.3, -0.25) is 0 Å². The molecular formula is C18H28N2. The molecule has 2 aliphatic rings. The average Bonchev–Trinajstić information content (AvgIpc) is 3.26. The van der Waals surface area contributed by atoms with Gasteiger partial charge in [0.1, 0.15) is 0 Å². The summed E-state index contributed by atoms with van der Waals surface area (Å²) in [5, 5.41) is 3.81. The lowest BCUT2D eigenvalue weighted by molar-refractivity contribution is 0.191. The van der Waals surface area contributed by atoms with Gasteiger partial charge in [0.15, 0.2) is 0 Å². The number of benzene rings is 1. The molecule has 0 bridgehead atoms. The minimum absolute atomic E-state index is 0.740. The van der Waals surface area contributed by atoms with Crippen molar-refractivity contribution >= 4 is 0 Å². The van der Waals surface area contributed by atoms with E-state index in [2.05, 4.69) is 54.6 Å². The predicted molar refractivity (Wildman–Crippen MR) is 85.0 cm³/mol. The van der Waals surface area contributed by atoms with Crippen LogP contribution in [0.3, 0.4) is 0 Å². The van der Waals surface area contributed by atoms with E-state index in [1.54, 1.807) is 0 Å². The molecule has 2 heteroatoms. The first-order chi connectivity index (χ1) is 9.74. The van der Waals surface area contributed by atoms with Crippen LogP contribution in [0.2, 0.25) is 0 Å². The fourth-order valence-corrected chi connectivity index (χ4v) is 3.67. The maximum atomic E-state index is 3.81. The van der Waals surface area contributed by atoms with Gasteiger partial charge in [-0.15, -0.1) is 0 Å². The molecule has 2 nitrogen and oxygen atoms in total. The van der Waals surface area contributed by atoms with Gasteiger partial charge in [0.05, 0.1) is 0 Å². The Hall–Kier alpha value is -0.860. The summed E-state index contributed by atoms with van der Waals surface area (Å²) in [6.07, 6.45) is 6.90. The van der Waals surface area contributed by atoms with E-state index in [0.717, 1.165) is 23.9 Å². The lowest BCUT2D eigenvalue weighted by atomic mass is 9.85. The molecule has 2 saturated carbocycles. The van der Waals surface area contributed by atoms with Crippen LogP contribution in [0.15, 0.2) is 30.3 Å². The second kappa shape index (κ2) is 6.28. The first-order valence-electron chi connectivity index (χ1n) is 8.19. The number of rotatable bonds is 5. The highest BCUT2D eigenvalue weighted by atomic mass is 15.1. The van der Waals surface area contributed by atoms with Gasteiger partial charge in [0.2, 0.25) is 0 Å². The van der Waals surface area contributed by atoms with Gasteiger partial charge >= 0.3 is 0 Å². The Kier molecular flexibility index (Phi) is 4.42. The standard InChI is InChI=1S/C18H28N2/c1-20(2)16-10-8-14(9-11-16)13-19-18-12-17(18)15-6-4-3-5-7-15/h3-7,14,16-19H,8-13H2,1-2H3. The van der Waals surface area contributed by atoms with Crippen LogP contribution in [0.25, 0.3) is 0 Å². The Morgan fingerprint density at radius 1 is 1.05 bits per heavy atom. The molecule has 2 unspecified atom stereocenters. The SMILES string of the molecule is CN(C)C1CCC(CNC2CC2c2ccccc2)CC1. The summed E-state index contributed by atoms with van der Waals surface area (Å²) < 4.78 is 0. The van der Waals surface area contributed by atoms with Crippen molar-refractivity contribution in [2.24, 2.45) is 5.92 Å². The van der Waals surface area contributed by atoms with Gasteiger partial charge in [0.25, 0.3) is 0 Å². The highest BCUT2D eigenvalue weighted by Gasteiger charge is 2.38. The molecule has 0 heterocycles. The van der Waals surface area contributed by atoms with Crippen LogP contribution in [-0.4, -0.2) is 37.6 Å². The average molecular weight is 272 g/mol. The van der Waals surface area contributed by atoms with Crippen LogP contribution in [0.4, 0.5) is 0 Å². The molecule has 1 N–H and O–H groups in total. The third-order valence-corrected chi connectivity index (χ3v) is 5.23. The Bertz CT molecular complexity index is 407. The quantitative estimate of drug-likeness (QED) is 0.885. The van der Waals surface area contributed by atoms with E-state index in [-0.39, 0.29) is 0 Å². The zero-order valence-corrected chi connectivity index (χ0v) is 12.9. The summed E-state index contributed by atoms with van der Waals surface area (Å²) >= 11 is 0. The molecule has 20 heavy (non-hydrogen) atoms. The zero-order chi connectivity index (χ0) is 13.9. The first kappa shape index (κ1) is 14.1. The molecular weight excluding hydrogens is 244 g/mol. The van der Waals surface area contributed by atoms with Crippen LogP contribution in [0, 0.1) is 5.92 Å². The maximum Gasteiger partial charge on any atom is 0.0143 e. The van der Waals surface area contributed by atoms with Gasteiger partial charge < -0.3 is 10.2 Å². The van der Waals surface area contributed by atoms with Crippen molar-refractivity contribution in [1.82, 2.24) is 10.2 Å². The minimum atomic E-state index is 0.740. The van der Waals surface area contributed by atoms with Crippen molar-refractivity contribution in [3.05, 3.63) is 35.9 Å². The normalized spacial score (nSPS) is 33.4. The Morgan fingerprint density at radius 2 is 1.75 bits per heavy atom. The molecule has 0 aliphatic heterocycles. The van der Waals surface area contributed by atoms with Crippen LogP contribution in [0.1, 0.15) is 43.6 Å². The van der Waals surface area contributed by atoms with Crippen LogP contribution < -0.4 is 5.32 Å². The van der Waals surface area contributed by atoms with E-state index in [9.17, 15) is 0 Å². The van der Waals surface area contributed by atoms with Crippen molar-refractivity contribution in [3.8, 4) is 0 Å². The highest BCUT2D eigenvalue weighted by molar-refractivity contribution is 5.27. The summed E-state index contributed by atoms with van der Waals surface area (Å²) in [6.45, 7) is 1.23.